The van der Waals surface area contributed by atoms with Gasteiger partial charge < -0.3 is 10.1 Å². The van der Waals surface area contributed by atoms with Crippen LogP contribution in [-0.2, 0) is 4.74 Å². The Hall–Kier alpha value is -1.93. The quantitative estimate of drug-likeness (QED) is 0.760. The van der Waals surface area contributed by atoms with Crippen molar-refractivity contribution in [3.8, 4) is 6.07 Å². The molecule has 5 nitrogen and oxygen atoms in total. The Balaban J connectivity index is 2.22. The summed E-state index contributed by atoms with van der Waals surface area (Å²) in [7, 11) is 0. The summed E-state index contributed by atoms with van der Waals surface area (Å²) < 4.78 is 5.40. The van der Waals surface area contributed by atoms with E-state index in [4.69, 9.17) is 10.00 Å². The highest BCUT2D eigenvalue weighted by Gasteiger charge is 2.05. The highest BCUT2D eigenvalue weighted by Crippen LogP contribution is 1.99. The molecule has 0 saturated carbocycles. The molecule has 0 fully saturated rings. The topological polar surface area (TPSA) is 75.0 Å². The molecular formula is C14H19N3O2. The highest BCUT2D eigenvalue weighted by molar-refractivity contribution is 5.92. The SMILES string of the molecule is CC(C)OCCCCNC(=O)c1ccc(C#N)cn1. The maximum absolute atomic E-state index is 11.7. The smallest absolute Gasteiger partial charge is 0.269 e. The highest BCUT2D eigenvalue weighted by atomic mass is 16.5. The minimum Gasteiger partial charge on any atom is -0.379 e. The summed E-state index contributed by atoms with van der Waals surface area (Å²) in [5.74, 6) is -0.214. The number of amides is 1. The van der Waals surface area contributed by atoms with Gasteiger partial charge in [-0.25, -0.2) is 4.98 Å². The van der Waals surface area contributed by atoms with Crippen LogP contribution in [0.2, 0.25) is 0 Å². The van der Waals surface area contributed by atoms with Gasteiger partial charge in [0, 0.05) is 19.3 Å². The number of hydrogen-bond donors (Lipinski definition) is 1. The first-order chi connectivity index (χ1) is 9.13. The lowest BCUT2D eigenvalue weighted by Gasteiger charge is -2.07. The van der Waals surface area contributed by atoms with Crippen LogP contribution in [0.5, 0.6) is 0 Å². The summed E-state index contributed by atoms with van der Waals surface area (Å²) >= 11 is 0. The van der Waals surface area contributed by atoms with Crippen LogP contribution < -0.4 is 5.32 Å². The van der Waals surface area contributed by atoms with E-state index in [2.05, 4.69) is 10.3 Å². The lowest BCUT2D eigenvalue weighted by molar-refractivity contribution is 0.0754. The van der Waals surface area contributed by atoms with E-state index >= 15 is 0 Å². The molecule has 1 amide bonds. The molecule has 0 unspecified atom stereocenters. The fourth-order valence-corrected chi connectivity index (χ4v) is 1.43. The second-order valence-electron chi connectivity index (χ2n) is 4.43. The molecule has 1 rings (SSSR count). The Morgan fingerprint density at radius 2 is 2.26 bits per heavy atom. The molecule has 1 N–H and O–H groups in total. The Labute approximate surface area is 113 Å². The van der Waals surface area contributed by atoms with Gasteiger partial charge in [0.15, 0.2) is 0 Å². The maximum atomic E-state index is 11.7. The molecule has 0 radical (unpaired) electrons. The van der Waals surface area contributed by atoms with Gasteiger partial charge in [-0.3, -0.25) is 4.79 Å². The van der Waals surface area contributed by atoms with Gasteiger partial charge in [-0.05, 0) is 38.8 Å². The van der Waals surface area contributed by atoms with Crippen molar-refractivity contribution >= 4 is 5.91 Å². The van der Waals surface area contributed by atoms with Crippen molar-refractivity contribution in [3.63, 3.8) is 0 Å². The summed E-state index contributed by atoms with van der Waals surface area (Å²) in [5, 5.41) is 11.4. The Morgan fingerprint density at radius 3 is 2.84 bits per heavy atom. The summed E-state index contributed by atoms with van der Waals surface area (Å²) in [6, 6.07) is 5.09. The molecular weight excluding hydrogens is 242 g/mol. The largest absolute Gasteiger partial charge is 0.379 e. The number of pyridine rings is 1. The Bertz CT molecular complexity index is 435. The number of nitrogens with one attached hydrogen (secondary N) is 1. The molecule has 0 saturated heterocycles. The third-order valence-corrected chi connectivity index (χ3v) is 2.43. The lowest BCUT2D eigenvalue weighted by Crippen LogP contribution is -2.25. The minimum atomic E-state index is -0.214. The normalized spacial score (nSPS) is 10.2. The van der Waals surface area contributed by atoms with Crippen LogP contribution in [0.3, 0.4) is 0 Å². The molecule has 5 heteroatoms. The van der Waals surface area contributed by atoms with Gasteiger partial charge in [0.25, 0.3) is 5.91 Å². The van der Waals surface area contributed by atoms with E-state index in [1.807, 2.05) is 19.9 Å². The van der Waals surface area contributed by atoms with Crippen LogP contribution in [-0.4, -0.2) is 30.1 Å². The third-order valence-electron chi connectivity index (χ3n) is 2.43. The lowest BCUT2D eigenvalue weighted by atomic mass is 10.2. The molecule has 0 aliphatic rings. The molecule has 0 atom stereocenters. The predicted octanol–water partition coefficient (Wildman–Crippen LogP) is 1.89. The number of unbranched alkanes of at least 4 members (excludes halogenated alkanes) is 1. The van der Waals surface area contributed by atoms with Crippen molar-refractivity contribution in [2.75, 3.05) is 13.2 Å². The number of hydrogen-bond acceptors (Lipinski definition) is 4. The summed E-state index contributed by atoms with van der Waals surface area (Å²) in [6.07, 6.45) is 3.43. The van der Waals surface area contributed by atoms with E-state index < -0.39 is 0 Å². The van der Waals surface area contributed by atoms with Gasteiger partial charge in [0.2, 0.25) is 0 Å². The number of carbonyl (C=O) groups excluding carboxylic acids is 1. The molecule has 1 aromatic heterocycles. The van der Waals surface area contributed by atoms with Crippen LogP contribution in [0, 0.1) is 11.3 Å². The molecule has 1 heterocycles. The van der Waals surface area contributed by atoms with Crippen molar-refractivity contribution in [2.45, 2.75) is 32.8 Å². The summed E-state index contributed by atoms with van der Waals surface area (Å²) in [6.45, 7) is 5.31. The van der Waals surface area contributed by atoms with Gasteiger partial charge in [-0.1, -0.05) is 0 Å². The van der Waals surface area contributed by atoms with E-state index in [1.54, 1.807) is 12.1 Å². The van der Waals surface area contributed by atoms with Gasteiger partial charge >= 0.3 is 0 Å². The summed E-state index contributed by atoms with van der Waals surface area (Å²) in [5.41, 5.74) is 0.778. The molecule has 1 aromatic rings. The average molecular weight is 261 g/mol. The first-order valence-corrected chi connectivity index (χ1v) is 6.39. The number of carbonyl (C=O) groups is 1. The van der Waals surface area contributed by atoms with E-state index in [0.717, 1.165) is 12.8 Å². The Kier molecular flexibility index (Phi) is 6.55. The number of rotatable bonds is 7. The van der Waals surface area contributed by atoms with Crippen LogP contribution >= 0.6 is 0 Å². The molecule has 0 aliphatic heterocycles. The van der Waals surface area contributed by atoms with E-state index in [-0.39, 0.29) is 12.0 Å². The van der Waals surface area contributed by atoms with Gasteiger partial charge in [-0.2, -0.15) is 5.26 Å². The van der Waals surface area contributed by atoms with Crippen molar-refractivity contribution < 1.29 is 9.53 Å². The average Bonchev–Trinajstić information content (AvgIpc) is 2.42. The standard InChI is InChI=1S/C14H19N3O2/c1-11(2)19-8-4-3-7-16-14(18)13-6-5-12(9-15)10-17-13/h5-6,10-11H,3-4,7-8H2,1-2H3,(H,16,18). The van der Waals surface area contributed by atoms with E-state index in [1.165, 1.54) is 6.20 Å². The predicted molar refractivity (Wildman–Crippen MR) is 71.6 cm³/mol. The van der Waals surface area contributed by atoms with Crippen molar-refractivity contribution in [3.05, 3.63) is 29.6 Å². The van der Waals surface area contributed by atoms with E-state index in [0.29, 0.717) is 24.4 Å². The van der Waals surface area contributed by atoms with Gasteiger partial charge in [-0.15, -0.1) is 0 Å². The monoisotopic (exact) mass is 261 g/mol. The van der Waals surface area contributed by atoms with Crippen molar-refractivity contribution in [2.24, 2.45) is 0 Å². The minimum absolute atomic E-state index is 0.214. The number of nitriles is 1. The van der Waals surface area contributed by atoms with E-state index in [9.17, 15) is 4.79 Å². The number of aromatic nitrogens is 1. The fourth-order valence-electron chi connectivity index (χ4n) is 1.43. The zero-order valence-corrected chi connectivity index (χ0v) is 11.3. The van der Waals surface area contributed by atoms with Gasteiger partial charge in [0.1, 0.15) is 11.8 Å². The molecule has 102 valence electrons. The third kappa shape index (κ3) is 5.98. The van der Waals surface area contributed by atoms with Crippen molar-refractivity contribution in [1.29, 1.82) is 5.26 Å². The van der Waals surface area contributed by atoms with Crippen LogP contribution in [0.4, 0.5) is 0 Å². The zero-order valence-electron chi connectivity index (χ0n) is 11.3. The first-order valence-electron chi connectivity index (χ1n) is 6.39. The number of nitrogens with zero attached hydrogens (tertiary/aromatic N) is 2. The molecule has 0 spiro atoms. The van der Waals surface area contributed by atoms with Crippen molar-refractivity contribution in [1.82, 2.24) is 10.3 Å². The fraction of sp³-hybridized carbons (Fsp3) is 0.500. The van der Waals surface area contributed by atoms with Crippen LogP contribution in [0.15, 0.2) is 18.3 Å². The molecule has 0 aromatic carbocycles. The molecule has 19 heavy (non-hydrogen) atoms. The Morgan fingerprint density at radius 1 is 1.47 bits per heavy atom. The molecule has 0 aliphatic carbocycles. The van der Waals surface area contributed by atoms with Gasteiger partial charge in [0.05, 0.1) is 11.7 Å². The second kappa shape index (κ2) is 8.22. The second-order valence-corrected chi connectivity index (χ2v) is 4.43. The van der Waals surface area contributed by atoms with Crippen LogP contribution in [0.1, 0.15) is 42.7 Å². The first kappa shape index (κ1) is 15.1. The molecule has 0 bridgehead atoms. The summed E-state index contributed by atoms with van der Waals surface area (Å²) in [4.78, 5) is 15.6. The zero-order chi connectivity index (χ0) is 14.1. The van der Waals surface area contributed by atoms with Crippen LogP contribution in [0.25, 0.3) is 0 Å². The maximum Gasteiger partial charge on any atom is 0.269 e. The number of ether oxygens (including phenoxy) is 1.